The molecule has 5 atom stereocenters. The highest BCUT2D eigenvalue weighted by Crippen LogP contribution is 2.62. The number of allylic oxidation sites excluding steroid dienone is 2. The number of aliphatic hydroxyl groups is 1. The molecule has 3 rings (SSSR count). The first kappa shape index (κ1) is 20.1. The molecule has 2 aliphatic rings. The number of esters is 1. The SMILES string of the molecule is COC(=O)CCOCCCC1C(O)CC2C(C=CCCc3ccccc3)C12. The number of carbonyl (C=O) groups is 1. The van der Waals surface area contributed by atoms with E-state index in [-0.39, 0.29) is 12.1 Å². The number of benzene rings is 1. The topological polar surface area (TPSA) is 55.8 Å². The average molecular weight is 373 g/mol. The molecule has 2 aliphatic carbocycles. The van der Waals surface area contributed by atoms with E-state index >= 15 is 0 Å². The zero-order valence-electron chi connectivity index (χ0n) is 16.3. The highest BCUT2D eigenvalue weighted by atomic mass is 16.5. The van der Waals surface area contributed by atoms with Crippen molar-refractivity contribution in [2.24, 2.45) is 23.7 Å². The zero-order chi connectivity index (χ0) is 19.1. The van der Waals surface area contributed by atoms with Gasteiger partial charge in [-0.25, -0.2) is 0 Å². The van der Waals surface area contributed by atoms with Gasteiger partial charge in [-0.3, -0.25) is 4.79 Å². The van der Waals surface area contributed by atoms with Crippen molar-refractivity contribution in [2.45, 2.75) is 44.6 Å². The van der Waals surface area contributed by atoms with E-state index in [1.807, 2.05) is 0 Å². The van der Waals surface area contributed by atoms with Gasteiger partial charge in [0, 0.05) is 6.61 Å². The summed E-state index contributed by atoms with van der Waals surface area (Å²) in [7, 11) is 1.39. The number of fused-ring (bicyclic) bond motifs is 1. The standard InChI is InChI=1S/C23H32O4/c1-26-22(25)13-15-27-14-7-12-19-21(24)16-20-18(23(19)20)11-6-5-10-17-8-3-2-4-9-17/h2-4,6,8-9,11,18-21,23-24H,5,7,10,12-16H2,1H3. The third-order valence-corrected chi connectivity index (χ3v) is 6.10. The van der Waals surface area contributed by atoms with Crippen molar-refractivity contribution in [3.8, 4) is 0 Å². The molecule has 0 aliphatic heterocycles. The maximum absolute atomic E-state index is 11.0. The van der Waals surface area contributed by atoms with Gasteiger partial charge in [0.2, 0.25) is 0 Å². The summed E-state index contributed by atoms with van der Waals surface area (Å²) in [5.41, 5.74) is 1.39. The first-order chi connectivity index (χ1) is 13.2. The van der Waals surface area contributed by atoms with Gasteiger partial charge in [-0.15, -0.1) is 0 Å². The Hall–Kier alpha value is -1.65. The number of hydrogen-bond acceptors (Lipinski definition) is 4. The van der Waals surface area contributed by atoms with Crippen LogP contribution in [-0.4, -0.2) is 37.5 Å². The summed E-state index contributed by atoms with van der Waals surface area (Å²) in [5.74, 6) is 2.17. The predicted molar refractivity (Wildman–Crippen MR) is 105 cm³/mol. The molecule has 0 aromatic heterocycles. The maximum atomic E-state index is 11.0. The van der Waals surface area contributed by atoms with Crippen LogP contribution in [0.2, 0.25) is 0 Å². The molecule has 1 aromatic carbocycles. The van der Waals surface area contributed by atoms with Crippen LogP contribution in [0, 0.1) is 23.7 Å². The van der Waals surface area contributed by atoms with Crippen molar-refractivity contribution < 1.29 is 19.4 Å². The van der Waals surface area contributed by atoms with E-state index in [1.165, 1.54) is 12.7 Å². The van der Waals surface area contributed by atoms with Crippen LogP contribution in [0.25, 0.3) is 0 Å². The van der Waals surface area contributed by atoms with Crippen LogP contribution in [0.1, 0.15) is 37.7 Å². The minimum atomic E-state index is -0.232. The fraction of sp³-hybridized carbons (Fsp3) is 0.609. The number of ether oxygens (including phenoxy) is 2. The zero-order valence-corrected chi connectivity index (χ0v) is 16.3. The van der Waals surface area contributed by atoms with E-state index < -0.39 is 0 Å². The van der Waals surface area contributed by atoms with E-state index in [4.69, 9.17) is 4.74 Å². The van der Waals surface area contributed by atoms with Crippen LogP contribution in [0.5, 0.6) is 0 Å². The summed E-state index contributed by atoms with van der Waals surface area (Å²) in [6.45, 7) is 1.06. The Balaban J connectivity index is 1.32. The lowest BCUT2D eigenvalue weighted by Gasteiger charge is -2.19. The van der Waals surface area contributed by atoms with Gasteiger partial charge in [0.25, 0.3) is 0 Å². The quantitative estimate of drug-likeness (QED) is 0.365. The minimum Gasteiger partial charge on any atom is -0.469 e. The Morgan fingerprint density at radius 2 is 2.07 bits per heavy atom. The summed E-state index contributed by atoms with van der Waals surface area (Å²) in [6, 6.07) is 10.6. The third-order valence-electron chi connectivity index (χ3n) is 6.10. The molecule has 0 saturated heterocycles. The van der Waals surface area contributed by atoms with Crippen LogP contribution in [0.4, 0.5) is 0 Å². The third kappa shape index (κ3) is 5.66. The van der Waals surface area contributed by atoms with Crippen molar-refractivity contribution in [1.29, 1.82) is 0 Å². The Morgan fingerprint density at radius 1 is 1.26 bits per heavy atom. The van der Waals surface area contributed by atoms with Crippen molar-refractivity contribution in [1.82, 2.24) is 0 Å². The largest absolute Gasteiger partial charge is 0.469 e. The van der Waals surface area contributed by atoms with Gasteiger partial charge in [0.1, 0.15) is 0 Å². The second-order valence-corrected chi connectivity index (χ2v) is 7.82. The number of aryl methyl sites for hydroxylation is 1. The number of carbonyl (C=O) groups excluding carboxylic acids is 1. The van der Waals surface area contributed by atoms with E-state index in [2.05, 4.69) is 47.2 Å². The molecule has 27 heavy (non-hydrogen) atoms. The summed E-state index contributed by atoms with van der Waals surface area (Å²) < 4.78 is 10.1. The summed E-state index contributed by atoms with van der Waals surface area (Å²) in [5, 5.41) is 10.3. The molecule has 0 heterocycles. The molecule has 1 aromatic rings. The first-order valence-corrected chi connectivity index (χ1v) is 10.2. The van der Waals surface area contributed by atoms with E-state index in [0.717, 1.165) is 32.1 Å². The molecular formula is C23H32O4. The van der Waals surface area contributed by atoms with Gasteiger partial charge in [0.15, 0.2) is 0 Å². The second-order valence-electron chi connectivity index (χ2n) is 7.82. The van der Waals surface area contributed by atoms with Gasteiger partial charge in [-0.2, -0.15) is 0 Å². The molecule has 0 spiro atoms. The number of hydrogen-bond donors (Lipinski definition) is 1. The Kier molecular flexibility index (Phi) is 7.48. The van der Waals surface area contributed by atoms with Gasteiger partial charge in [-0.1, -0.05) is 42.5 Å². The van der Waals surface area contributed by atoms with Crippen molar-refractivity contribution in [3.63, 3.8) is 0 Å². The lowest BCUT2D eigenvalue weighted by molar-refractivity contribution is -0.141. The fourth-order valence-corrected chi connectivity index (χ4v) is 4.64. The molecule has 0 radical (unpaired) electrons. The second kappa shape index (κ2) is 10.0. The summed E-state index contributed by atoms with van der Waals surface area (Å²) in [4.78, 5) is 11.0. The van der Waals surface area contributed by atoms with Crippen LogP contribution < -0.4 is 0 Å². The van der Waals surface area contributed by atoms with Crippen LogP contribution >= 0.6 is 0 Å². The van der Waals surface area contributed by atoms with E-state index in [1.54, 1.807) is 0 Å². The van der Waals surface area contributed by atoms with Crippen molar-refractivity contribution in [3.05, 3.63) is 48.0 Å². The molecule has 5 unspecified atom stereocenters. The van der Waals surface area contributed by atoms with Gasteiger partial charge in [-0.05, 0) is 61.3 Å². The maximum Gasteiger partial charge on any atom is 0.307 e. The van der Waals surface area contributed by atoms with E-state index in [0.29, 0.717) is 43.3 Å². The Morgan fingerprint density at radius 3 is 2.85 bits per heavy atom. The van der Waals surface area contributed by atoms with Crippen molar-refractivity contribution >= 4 is 5.97 Å². The van der Waals surface area contributed by atoms with Crippen LogP contribution in [-0.2, 0) is 20.7 Å². The number of rotatable bonds is 11. The van der Waals surface area contributed by atoms with Gasteiger partial charge < -0.3 is 14.6 Å². The highest BCUT2D eigenvalue weighted by molar-refractivity contribution is 5.69. The molecular weight excluding hydrogens is 340 g/mol. The molecule has 4 heteroatoms. The summed E-state index contributed by atoms with van der Waals surface area (Å²) >= 11 is 0. The highest BCUT2D eigenvalue weighted by Gasteiger charge is 2.59. The molecule has 4 nitrogen and oxygen atoms in total. The molecule has 2 saturated carbocycles. The van der Waals surface area contributed by atoms with Gasteiger partial charge in [0.05, 0.1) is 26.2 Å². The Labute approximate surface area is 162 Å². The van der Waals surface area contributed by atoms with Crippen LogP contribution in [0.3, 0.4) is 0 Å². The van der Waals surface area contributed by atoms with Gasteiger partial charge >= 0.3 is 5.97 Å². The Bertz CT molecular complexity index is 612. The monoisotopic (exact) mass is 372 g/mol. The van der Waals surface area contributed by atoms with E-state index in [9.17, 15) is 9.90 Å². The number of methoxy groups -OCH3 is 1. The fourth-order valence-electron chi connectivity index (χ4n) is 4.64. The molecule has 2 fully saturated rings. The van der Waals surface area contributed by atoms with Crippen molar-refractivity contribution in [2.75, 3.05) is 20.3 Å². The minimum absolute atomic E-state index is 0.149. The summed E-state index contributed by atoms with van der Waals surface area (Å²) in [6.07, 6.45) is 9.96. The lowest BCUT2D eigenvalue weighted by atomic mass is 9.92. The van der Waals surface area contributed by atoms with Crippen LogP contribution in [0.15, 0.2) is 42.5 Å². The normalized spacial score (nSPS) is 29.0. The molecule has 0 amide bonds. The first-order valence-electron chi connectivity index (χ1n) is 10.2. The molecule has 0 bridgehead atoms. The number of aliphatic hydroxyl groups excluding tert-OH is 1. The smallest absolute Gasteiger partial charge is 0.307 e. The predicted octanol–water partition coefficient (Wildman–Crippen LogP) is 3.78. The molecule has 1 N–H and O–H groups in total. The average Bonchev–Trinajstić information content (AvgIpc) is 3.25. The molecule has 148 valence electrons. The lowest BCUT2D eigenvalue weighted by Crippen LogP contribution is -2.20.